The van der Waals surface area contributed by atoms with Gasteiger partial charge >= 0.3 is 0 Å². The summed E-state index contributed by atoms with van der Waals surface area (Å²) in [5.74, 6) is 0.676. The highest BCUT2D eigenvalue weighted by atomic mass is 32.2. The first kappa shape index (κ1) is 29.2. The molecule has 0 atom stereocenters. The number of nitrogens with zero attached hydrogens (tertiary/aromatic N) is 4. The SMILES string of the molecule is Cc1ccc(S(=O)(=O)OCCOC2CCN(c3ccc4c5cnccc5n(S(=O)(=O)c5ccc(C)cc5)c4n3)CC2)cc1. The fraction of sp³-hybridized carbons (Fsp3) is 0.290. The Hall–Kier alpha value is -3.84. The molecule has 0 saturated carbocycles. The van der Waals surface area contributed by atoms with Gasteiger partial charge in [0.2, 0.25) is 0 Å². The molecule has 1 saturated heterocycles. The van der Waals surface area contributed by atoms with E-state index in [1.54, 1.807) is 54.9 Å². The first-order chi connectivity index (χ1) is 20.6. The summed E-state index contributed by atoms with van der Waals surface area (Å²) in [6.07, 6.45) is 4.61. The lowest BCUT2D eigenvalue weighted by Crippen LogP contribution is -2.38. The molecule has 224 valence electrons. The van der Waals surface area contributed by atoms with Gasteiger partial charge in [-0.25, -0.2) is 17.4 Å². The van der Waals surface area contributed by atoms with Gasteiger partial charge in [0.25, 0.3) is 20.1 Å². The average molecular weight is 621 g/mol. The summed E-state index contributed by atoms with van der Waals surface area (Å²) in [7, 11) is -7.76. The van der Waals surface area contributed by atoms with E-state index in [0.29, 0.717) is 53.7 Å². The number of benzene rings is 2. The van der Waals surface area contributed by atoms with Gasteiger partial charge in [-0.3, -0.25) is 9.17 Å². The Bertz CT molecular complexity index is 1980. The molecule has 4 heterocycles. The molecule has 1 fully saturated rings. The lowest BCUT2D eigenvalue weighted by molar-refractivity contribution is 0.0212. The topological polar surface area (TPSA) is 121 Å². The maximum atomic E-state index is 13.9. The zero-order chi connectivity index (χ0) is 30.2. The van der Waals surface area contributed by atoms with E-state index in [1.165, 1.54) is 16.1 Å². The molecule has 1 aliphatic heterocycles. The van der Waals surface area contributed by atoms with E-state index in [4.69, 9.17) is 13.9 Å². The molecule has 0 unspecified atom stereocenters. The number of rotatable bonds is 9. The molecular weight excluding hydrogens is 588 g/mol. The van der Waals surface area contributed by atoms with Crippen molar-refractivity contribution in [2.75, 3.05) is 31.2 Å². The highest BCUT2D eigenvalue weighted by Crippen LogP contribution is 2.33. The normalized spacial score (nSPS) is 15.0. The zero-order valence-corrected chi connectivity index (χ0v) is 25.5. The van der Waals surface area contributed by atoms with Crippen molar-refractivity contribution >= 4 is 47.9 Å². The van der Waals surface area contributed by atoms with Gasteiger partial charge in [-0.1, -0.05) is 35.4 Å². The lowest BCUT2D eigenvalue weighted by Gasteiger charge is -2.32. The maximum Gasteiger partial charge on any atom is 0.297 e. The highest BCUT2D eigenvalue weighted by Gasteiger charge is 2.26. The van der Waals surface area contributed by atoms with Crippen LogP contribution in [0.2, 0.25) is 0 Å². The van der Waals surface area contributed by atoms with Crippen LogP contribution in [-0.2, 0) is 29.1 Å². The van der Waals surface area contributed by atoms with Gasteiger partial charge in [-0.15, -0.1) is 0 Å². The summed E-state index contributed by atoms with van der Waals surface area (Å²) in [5, 5.41) is 1.42. The fourth-order valence-corrected chi connectivity index (χ4v) is 7.68. The van der Waals surface area contributed by atoms with E-state index in [9.17, 15) is 16.8 Å². The minimum atomic E-state index is -3.93. The van der Waals surface area contributed by atoms with Crippen molar-refractivity contribution in [3.05, 3.63) is 90.3 Å². The predicted octanol–water partition coefficient (Wildman–Crippen LogP) is 4.83. The van der Waals surface area contributed by atoms with Gasteiger partial charge in [0, 0.05) is 36.3 Å². The van der Waals surface area contributed by atoms with Crippen LogP contribution in [0.3, 0.4) is 0 Å². The second kappa shape index (κ2) is 11.7. The predicted molar refractivity (Wildman–Crippen MR) is 164 cm³/mol. The summed E-state index contributed by atoms with van der Waals surface area (Å²) < 4.78 is 64.9. The second-order valence-electron chi connectivity index (χ2n) is 10.7. The van der Waals surface area contributed by atoms with Crippen LogP contribution in [0.1, 0.15) is 24.0 Å². The summed E-state index contributed by atoms with van der Waals surface area (Å²) in [4.78, 5) is 11.5. The molecule has 10 nitrogen and oxygen atoms in total. The second-order valence-corrected chi connectivity index (χ2v) is 14.1. The molecule has 1 aliphatic rings. The quantitative estimate of drug-likeness (QED) is 0.169. The molecule has 0 N–H and O–H groups in total. The maximum absolute atomic E-state index is 13.9. The summed E-state index contributed by atoms with van der Waals surface area (Å²) >= 11 is 0. The van der Waals surface area contributed by atoms with Gasteiger partial charge in [-0.2, -0.15) is 8.42 Å². The van der Waals surface area contributed by atoms with E-state index < -0.39 is 20.1 Å². The molecule has 5 aromatic rings. The van der Waals surface area contributed by atoms with Gasteiger partial charge in [0.1, 0.15) is 5.82 Å². The van der Waals surface area contributed by atoms with Gasteiger partial charge in [0.05, 0.1) is 34.6 Å². The third-order valence-electron chi connectivity index (χ3n) is 7.67. The molecule has 0 bridgehead atoms. The number of piperidine rings is 1. The Morgan fingerprint density at radius 1 is 0.791 bits per heavy atom. The Labute approximate surface area is 251 Å². The van der Waals surface area contributed by atoms with Crippen molar-refractivity contribution in [1.29, 1.82) is 0 Å². The van der Waals surface area contributed by atoms with E-state index >= 15 is 0 Å². The molecule has 0 radical (unpaired) electrons. The molecule has 0 spiro atoms. The molecular formula is C31H32N4O6S2. The summed E-state index contributed by atoms with van der Waals surface area (Å²) in [6, 6.07) is 18.8. The molecule has 43 heavy (non-hydrogen) atoms. The number of ether oxygens (including phenoxy) is 1. The summed E-state index contributed by atoms with van der Waals surface area (Å²) in [5.41, 5.74) is 2.81. The van der Waals surface area contributed by atoms with Crippen molar-refractivity contribution in [2.45, 2.75) is 42.6 Å². The standard InChI is InChI=1S/C31H32N4O6S2/c1-22-3-7-25(8-4-22)42(36,37)35-29-13-16-32-21-28(29)27-11-12-30(33-31(27)35)34-17-14-24(15-18-34)40-19-20-41-43(38,39)26-9-5-23(2)6-10-26/h3-13,16,21,24H,14-15,17-20H2,1-2H3. The first-order valence-corrected chi connectivity index (χ1v) is 16.9. The van der Waals surface area contributed by atoms with Crippen molar-refractivity contribution in [1.82, 2.24) is 13.9 Å². The van der Waals surface area contributed by atoms with Crippen LogP contribution in [-0.4, -0.2) is 63.2 Å². The minimum Gasteiger partial charge on any atom is -0.376 e. The van der Waals surface area contributed by atoms with Crippen LogP contribution >= 0.6 is 0 Å². The fourth-order valence-electron chi connectivity index (χ4n) is 5.31. The van der Waals surface area contributed by atoms with E-state index in [2.05, 4.69) is 9.88 Å². The van der Waals surface area contributed by atoms with E-state index in [0.717, 1.165) is 11.1 Å². The molecule has 3 aromatic heterocycles. The highest BCUT2D eigenvalue weighted by molar-refractivity contribution is 7.90. The average Bonchev–Trinajstić information content (AvgIpc) is 3.34. The first-order valence-electron chi connectivity index (χ1n) is 14.0. The van der Waals surface area contributed by atoms with Crippen molar-refractivity contribution in [2.24, 2.45) is 0 Å². The van der Waals surface area contributed by atoms with Crippen LogP contribution in [0.25, 0.3) is 21.9 Å². The van der Waals surface area contributed by atoms with Gasteiger partial charge < -0.3 is 9.64 Å². The summed E-state index contributed by atoms with van der Waals surface area (Å²) in [6.45, 7) is 5.19. The van der Waals surface area contributed by atoms with E-state index in [-0.39, 0.29) is 29.1 Å². The van der Waals surface area contributed by atoms with Crippen molar-refractivity contribution in [3.63, 3.8) is 0 Å². The van der Waals surface area contributed by atoms with Crippen LogP contribution in [0.4, 0.5) is 5.82 Å². The smallest absolute Gasteiger partial charge is 0.297 e. The Kier molecular flexibility index (Phi) is 7.94. The van der Waals surface area contributed by atoms with E-state index in [1.807, 2.05) is 26.0 Å². The lowest BCUT2D eigenvalue weighted by atomic mass is 10.1. The number of aryl methyl sites for hydroxylation is 2. The van der Waals surface area contributed by atoms with Crippen LogP contribution < -0.4 is 4.90 Å². The number of anilines is 1. The largest absolute Gasteiger partial charge is 0.376 e. The number of fused-ring (bicyclic) bond motifs is 3. The van der Waals surface area contributed by atoms with Crippen LogP contribution in [0.5, 0.6) is 0 Å². The number of aromatic nitrogens is 3. The van der Waals surface area contributed by atoms with Gasteiger partial charge in [0.15, 0.2) is 5.65 Å². The minimum absolute atomic E-state index is 0.0508. The van der Waals surface area contributed by atoms with Gasteiger partial charge in [-0.05, 0) is 69.2 Å². The third-order valence-corrected chi connectivity index (χ3v) is 10.7. The Balaban J connectivity index is 1.15. The van der Waals surface area contributed by atoms with Crippen molar-refractivity contribution in [3.8, 4) is 0 Å². The zero-order valence-electron chi connectivity index (χ0n) is 23.9. The molecule has 12 heteroatoms. The molecule has 2 aromatic carbocycles. The molecule has 6 rings (SSSR count). The Morgan fingerprint density at radius 3 is 2.12 bits per heavy atom. The monoisotopic (exact) mass is 620 g/mol. The van der Waals surface area contributed by atoms with Crippen molar-refractivity contribution < 1.29 is 25.8 Å². The number of hydrogen-bond donors (Lipinski definition) is 0. The number of pyridine rings is 2. The van der Waals surface area contributed by atoms with Crippen LogP contribution in [0.15, 0.2) is 88.9 Å². The van der Waals surface area contributed by atoms with Crippen LogP contribution in [0, 0.1) is 13.8 Å². The number of hydrogen-bond acceptors (Lipinski definition) is 9. The molecule has 0 amide bonds. The third kappa shape index (κ3) is 5.87. The Morgan fingerprint density at radius 2 is 1.44 bits per heavy atom. The molecule has 0 aliphatic carbocycles.